The lowest BCUT2D eigenvalue weighted by Gasteiger charge is -2.41. The summed E-state index contributed by atoms with van der Waals surface area (Å²) in [5.74, 6) is -1.17. The van der Waals surface area contributed by atoms with E-state index in [4.69, 9.17) is 0 Å². The summed E-state index contributed by atoms with van der Waals surface area (Å²) in [5, 5.41) is 19.7. The first-order chi connectivity index (χ1) is 11.4. The zero-order valence-corrected chi connectivity index (χ0v) is 14.5. The fourth-order valence-corrected chi connectivity index (χ4v) is 3.07. The molecule has 1 aliphatic rings. The normalized spacial score (nSPS) is 20.0. The van der Waals surface area contributed by atoms with Gasteiger partial charge in [0.2, 0.25) is 0 Å². The van der Waals surface area contributed by atoms with Crippen LogP contribution in [0.5, 0.6) is 5.75 Å². The highest BCUT2D eigenvalue weighted by Gasteiger charge is 2.34. The minimum absolute atomic E-state index is 0.143. The predicted molar refractivity (Wildman–Crippen MR) is 86.3 cm³/mol. The maximum Gasteiger partial charge on any atom is 0.416 e. The first-order valence-corrected chi connectivity index (χ1v) is 8.04. The van der Waals surface area contributed by atoms with Gasteiger partial charge in [0, 0.05) is 32.2 Å². The molecule has 2 N–H and O–H groups in total. The van der Waals surface area contributed by atoms with Gasteiger partial charge in [0.05, 0.1) is 16.7 Å². The molecule has 8 heteroatoms. The Hall–Kier alpha value is -1.80. The summed E-state index contributed by atoms with van der Waals surface area (Å²) in [7, 11) is 0. The van der Waals surface area contributed by atoms with Gasteiger partial charge in [-0.2, -0.15) is 13.2 Å². The molecule has 0 aliphatic carbocycles. The van der Waals surface area contributed by atoms with Crippen LogP contribution >= 0.6 is 0 Å². The van der Waals surface area contributed by atoms with E-state index in [9.17, 15) is 28.2 Å². The summed E-state index contributed by atoms with van der Waals surface area (Å²) in [6.45, 7) is 7.15. The quantitative estimate of drug-likeness (QED) is 0.868. The van der Waals surface area contributed by atoms with Crippen molar-refractivity contribution >= 4 is 5.91 Å². The molecule has 25 heavy (non-hydrogen) atoms. The van der Waals surface area contributed by atoms with Gasteiger partial charge in [-0.3, -0.25) is 9.69 Å². The third-order valence-corrected chi connectivity index (χ3v) is 4.14. The van der Waals surface area contributed by atoms with Gasteiger partial charge in [-0.05, 0) is 39.0 Å². The third kappa shape index (κ3) is 4.85. The summed E-state index contributed by atoms with van der Waals surface area (Å²) in [6.07, 6.45) is -4.57. The van der Waals surface area contributed by atoms with E-state index < -0.39 is 29.0 Å². The Balaban J connectivity index is 2.11. The number of piperazine rings is 1. The summed E-state index contributed by atoms with van der Waals surface area (Å²) in [4.78, 5) is 16.2. The van der Waals surface area contributed by atoms with Crippen LogP contribution in [0.25, 0.3) is 0 Å². The number of β-amino-alcohol motifs (C(OH)–C–C–N with tert-alkyl or cyclic N) is 1. The van der Waals surface area contributed by atoms with Crippen molar-refractivity contribution in [3.8, 4) is 5.75 Å². The van der Waals surface area contributed by atoms with E-state index in [0.717, 1.165) is 12.1 Å². The van der Waals surface area contributed by atoms with Crippen molar-refractivity contribution in [2.75, 3.05) is 26.2 Å². The first kappa shape index (κ1) is 19.5. The third-order valence-electron chi connectivity index (χ3n) is 4.14. The lowest BCUT2D eigenvalue weighted by Crippen LogP contribution is -2.56. The Morgan fingerprint density at radius 2 is 1.92 bits per heavy atom. The van der Waals surface area contributed by atoms with Gasteiger partial charge in [-0.25, -0.2) is 0 Å². The molecule has 1 heterocycles. The van der Waals surface area contributed by atoms with Gasteiger partial charge in [0.25, 0.3) is 5.91 Å². The van der Waals surface area contributed by atoms with Crippen LogP contribution in [-0.2, 0) is 6.18 Å². The average molecular weight is 360 g/mol. The summed E-state index contributed by atoms with van der Waals surface area (Å²) < 4.78 is 38.0. The molecule has 0 bridgehead atoms. The van der Waals surface area contributed by atoms with Gasteiger partial charge in [0.15, 0.2) is 0 Å². The van der Waals surface area contributed by atoms with E-state index in [1.807, 2.05) is 11.8 Å². The second-order valence-electron chi connectivity index (χ2n) is 7.12. The van der Waals surface area contributed by atoms with Crippen molar-refractivity contribution in [3.63, 3.8) is 0 Å². The van der Waals surface area contributed by atoms with Crippen molar-refractivity contribution in [2.24, 2.45) is 0 Å². The maximum atomic E-state index is 12.7. The number of halogens is 3. The second-order valence-corrected chi connectivity index (χ2v) is 7.12. The number of hydrogen-bond acceptors (Lipinski definition) is 4. The molecule has 0 saturated carbocycles. The molecule has 0 radical (unpaired) electrons. The first-order valence-electron chi connectivity index (χ1n) is 8.04. The SMILES string of the molecule is CC1CN(CC(C)(C)O)CCN1C(=O)c1ccc(C(F)(F)F)cc1O. The van der Waals surface area contributed by atoms with Crippen LogP contribution in [0.3, 0.4) is 0 Å². The van der Waals surface area contributed by atoms with Gasteiger partial charge < -0.3 is 15.1 Å². The predicted octanol–water partition coefficient (Wildman–Crippen LogP) is 2.33. The molecule has 1 fully saturated rings. The number of rotatable bonds is 3. The van der Waals surface area contributed by atoms with E-state index in [1.165, 1.54) is 4.90 Å². The van der Waals surface area contributed by atoms with Gasteiger partial charge in [0.1, 0.15) is 5.75 Å². The Kier molecular flexibility index (Phi) is 5.34. The highest BCUT2D eigenvalue weighted by atomic mass is 19.4. The largest absolute Gasteiger partial charge is 0.507 e. The van der Waals surface area contributed by atoms with Gasteiger partial charge in [-0.1, -0.05) is 0 Å². The van der Waals surface area contributed by atoms with Crippen molar-refractivity contribution in [1.82, 2.24) is 9.80 Å². The Morgan fingerprint density at radius 1 is 1.28 bits per heavy atom. The molecule has 1 unspecified atom stereocenters. The number of hydrogen-bond donors (Lipinski definition) is 2. The Labute approximate surface area is 144 Å². The fraction of sp³-hybridized carbons (Fsp3) is 0.588. The van der Waals surface area contributed by atoms with E-state index in [2.05, 4.69) is 0 Å². The molecule has 1 aromatic rings. The molecule has 0 spiro atoms. The molecule has 1 amide bonds. The van der Waals surface area contributed by atoms with Crippen molar-refractivity contribution in [2.45, 2.75) is 38.6 Å². The number of aliphatic hydroxyl groups is 1. The highest BCUT2D eigenvalue weighted by Crippen LogP contribution is 2.33. The number of carbonyl (C=O) groups is 1. The lowest BCUT2D eigenvalue weighted by atomic mass is 10.0. The number of alkyl halides is 3. The van der Waals surface area contributed by atoms with Crippen molar-refractivity contribution < 1.29 is 28.2 Å². The van der Waals surface area contributed by atoms with E-state index in [-0.39, 0.29) is 11.6 Å². The topological polar surface area (TPSA) is 64.0 Å². The smallest absolute Gasteiger partial charge is 0.416 e. The summed E-state index contributed by atoms with van der Waals surface area (Å²) in [6, 6.07) is 2.19. The average Bonchev–Trinajstić information content (AvgIpc) is 2.44. The van der Waals surface area contributed by atoms with E-state index in [0.29, 0.717) is 32.2 Å². The molecule has 1 atom stereocenters. The van der Waals surface area contributed by atoms with Crippen LogP contribution in [0.1, 0.15) is 36.7 Å². The van der Waals surface area contributed by atoms with Crippen LogP contribution in [0.2, 0.25) is 0 Å². The Morgan fingerprint density at radius 3 is 2.40 bits per heavy atom. The van der Waals surface area contributed by atoms with Crippen LogP contribution in [-0.4, -0.2) is 63.7 Å². The van der Waals surface area contributed by atoms with E-state index in [1.54, 1.807) is 13.8 Å². The number of phenolic OH excluding ortho intramolecular Hbond substituents is 1. The summed E-state index contributed by atoms with van der Waals surface area (Å²) >= 11 is 0. The monoisotopic (exact) mass is 360 g/mol. The number of carbonyl (C=O) groups excluding carboxylic acids is 1. The van der Waals surface area contributed by atoms with Crippen LogP contribution in [0.15, 0.2) is 18.2 Å². The molecular formula is C17H23F3N2O3. The van der Waals surface area contributed by atoms with Gasteiger partial charge in [-0.15, -0.1) is 0 Å². The summed E-state index contributed by atoms with van der Waals surface area (Å²) in [5.41, 5.74) is -1.99. The number of aromatic hydroxyl groups is 1. The van der Waals surface area contributed by atoms with Crippen LogP contribution < -0.4 is 0 Å². The number of phenols is 1. The minimum Gasteiger partial charge on any atom is -0.507 e. The van der Waals surface area contributed by atoms with Gasteiger partial charge >= 0.3 is 6.18 Å². The molecule has 5 nitrogen and oxygen atoms in total. The number of benzene rings is 1. The minimum atomic E-state index is -4.57. The zero-order valence-electron chi connectivity index (χ0n) is 14.5. The lowest BCUT2D eigenvalue weighted by molar-refractivity contribution is -0.137. The number of amides is 1. The van der Waals surface area contributed by atoms with Crippen LogP contribution in [0.4, 0.5) is 13.2 Å². The molecular weight excluding hydrogens is 337 g/mol. The van der Waals surface area contributed by atoms with E-state index >= 15 is 0 Å². The van der Waals surface area contributed by atoms with Crippen molar-refractivity contribution in [3.05, 3.63) is 29.3 Å². The highest BCUT2D eigenvalue weighted by molar-refractivity contribution is 5.97. The number of nitrogens with zero attached hydrogens (tertiary/aromatic N) is 2. The zero-order chi connectivity index (χ0) is 19.0. The fourth-order valence-electron chi connectivity index (χ4n) is 3.07. The molecule has 1 aromatic carbocycles. The van der Waals surface area contributed by atoms with Crippen LogP contribution in [0, 0.1) is 0 Å². The standard InChI is InChI=1S/C17H23F3N2O3/c1-11-9-21(10-16(2,3)25)6-7-22(11)15(24)13-5-4-12(8-14(13)23)17(18,19)20/h4-5,8,11,23,25H,6-7,9-10H2,1-3H3. The van der Waals surface area contributed by atoms with Crippen molar-refractivity contribution in [1.29, 1.82) is 0 Å². The molecule has 140 valence electrons. The Bertz CT molecular complexity index is 641. The molecule has 1 aliphatic heterocycles. The second kappa shape index (κ2) is 6.84. The molecule has 0 aromatic heterocycles. The molecule has 2 rings (SSSR count). The maximum absolute atomic E-state index is 12.7. The molecule has 1 saturated heterocycles.